The average molecular weight is 371 g/mol. The number of urea groups is 1. The molecule has 3 N–H and O–H groups in total. The summed E-state index contributed by atoms with van der Waals surface area (Å²) in [4.78, 5) is 13.8. The van der Waals surface area contributed by atoms with Crippen LogP contribution in [0.5, 0.6) is 0 Å². The number of rotatable bonds is 4. The second-order valence-electron chi connectivity index (χ2n) is 5.93. The predicted octanol–water partition coefficient (Wildman–Crippen LogP) is 3.88. The Hall–Kier alpha value is -3.42. The molecule has 8 heteroatoms. The molecule has 1 aromatic heterocycles. The number of nitrogens with two attached hydrogens (primary N) is 1. The van der Waals surface area contributed by atoms with Crippen LogP contribution in [0.15, 0.2) is 48.5 Å². The Morgan fingerprint density at radius 2 is 1.93 bits per heavy atom. The van der Waals surface area contributed by atoms with Gasteiger partial charge < -0.3 is 16.0 Å². The molecule has 0 aliphatic carbocycles. The first kappa shape index (κ1) is 18.4. The van der Waals surface area contributed by atoms with Crippen molar-refractivity contribution in [3.05, 3.63) is 60.2 Å². The van der Waals surface area contributed by atoms with E-state index in [1.54, 1.807) is 31.3 Å². The second kappa shape index (κ2) is 7.45. The van der Waals surface area contributed by atoms with Crippen molar-refractivity contribution in [1.29, 1.82) is 0 Å². The normalized spacial score (nSPS) is 10.7. The van der Waals surface area contributed by atoms with Gasteiger partial charge in [0.2, 0.25) is 0 Å². The molecule has 0 aliphatic heterocycles. The number of carbonyl (C=O) groups excluding carboxylic acids is 1. The Morgan fingerprint density at radius 3 is 2.59 bits per heavy atom. The van der Waals surface area contributed by atoms with Crippen molar-refractivity contribution in [2.45, 2.75) is 6.92 Å². The van der Waals surface area contributed by atoms with E-state index in [1.807, 2.05) is 13.0 Å². The lowest BCUT2D eigenvalue weighted by Gasteiger charge is -2.16. The van der Waals surface area contributed by atoms with E-state index in [9.17, 15) is 13.6 Å². The van der Waals surface area contributed by atoms with Crippen molar-refractivity contribution in [2.24, 2.45) is 0 Å². The molecule has 0 saturated carbocycles. The number of amides is 2. The number of anilines is 2. The van der Waals surface area contributed by atoms with Crippen LogP contribution in [0.3, 0.4) is 0 Å². The highest BCUT2D eigenvalue weighted by Crippen LogP contribution is 2.34. The molecule has 2 amide bonds. The second-order valence-corrected chi connectivity index (χ2v) is 5.93. The van der Waals surface area contributed by atoms with Crippen LogP contribution in [0.25, 0.3) is 16.9 Å². The summed E-state index contributed by atoms with van der Waals surface area (Å²) in [6.07, 6.45) is 0. The fraction of sp³-hybridized carbons (Fsp3) is 0.158. The van der Waals surface area contributed by atoms with Crippen molar-refractivity contribution in [3.8, 4) is 16.9 Å². The summed E-state index contributed by atoms with van der Waals surface area (Å²) in [7, 11) is 1.63. The molecule has 0 saturated heterocycles. The van der Waals surface area contributed by atoms with Crippen LogP contribution in [0.2, 0.25) is 0 Å². The minimum atomic E-state index is -0.686. The van der Waals surface area contributed by atoms with Crippen molar-refractivity contribution < 1.29 is 13.6 Å². The van der Waals surface area contributed by atoms with Gasteiger partial charge in [-0.25, -0.2) is 18.3 Å². The maximum Gasteiger partial charge on any atom is 0.321 e. The Balaban J connectivity index is 2.17. The number of nitrogens with zero attached hydrogens (tertiary/aromatic N) is 3. The molecule has 0 radical (unpaired) electrons. The quantitative estimate of drug-likeness (QED) is 0.731. The van der Waals surface area contributed by atoms with E-state index in [1.165, 1.54) is 4.90 Å². The summed E-state index contributed by atoms with van der Waals surface area (Å²) >= 11 is 0. The monoisotopic (exact) mass is 371 g/mol. The molecule has 140 valence electrons. The van der Waals surface area contributed by atoms with Gasteiger partial charge in [0.05, 0.1) is 0 Å². The van der Waals surface area contributed by atoms with E-state index in [4.69, 9.17) is 5.73 Å². The van der Waals surface area contributed by atoms with Crippen molar-refractivity contribution in [3.63, 3.8) is 0 Å². The summed E-state index contributed by atoms with van der Waals surface area (Å²) in [6, 6.07) is 11.6. The first-order chi connectivity index (χ1) is 12.9. The Morgan fingerprint density at radius 1 is 1.22 bits per heavy atom. The van der Waals surface area contributed by atoms with Crippen LogP contribution in [0.1, 0.15) is 6.92 Å². The number of halogens is 2. The molecule has 0 unspecified atom stereocenters. The molecular formula is C19H19F2N5O. The summed E-state index contributed by atoms with van der Waals surface area (Å²) < 4.78 is 29.0. The Kier molecular flexibility index (Phi) is 5.07. The molecule has 6 nitrogen and oxygen atoms in total. The van der Waals surface area contributed by atoms with Gasteiger partial charge in [-0.3, -0.25) is 0 Å². The van der Waals surface area contributed by atoms with Crippen LogP contribution < -0.4 is 11.1 Å². The van der Waals surface area contributed by atoms with Gasteiger partial charge in [-0.2, -0.15) is 5.10 Å². The van der Waals surface area contributed by atoms with Crippen LogP contribution in [-0.2, 0) is 0 Å². The predicted molar refractivity (Wildman–Crippen MR) is 101 cm³/mol. The van der Waals surface area contributed by atoms with Gasteiger partial charge in [0.25, 0.3) is 0 Å². The SMILES string of the molecule is CCN(C)C(=O)Nc1c(-c2ccccc2)nn(-c2cc(F)ccc2F)c1N. The average Bonchev–Trinajstić information content (AvgIpc) is 3.00. The van der Waals surface area contributed by atoms with E-state index < -0.39 is 11.6 Å². The Labute approximate surface area is 155 Å². The molecule has 0 atom stereocenters. The lowest BCUT2D eigenvalue weighted by atomic mass is 10.1. The largest absolute Gasteiger partial charge is 0.382 e. The summed E-state index contributed by atoms with van der Waals surface area (Å²) in [6.45, 7) is 2.31. The molecule has 0 fully saturated rings. The molecule has 2 aromatic carbocycles. The molecular weight excluding hydrogens is 352 g/mol. The van der Waals surface area contributed by atoms with Gasteiger partial charge in [-0.15, -0.1) is 0 Å². The maximum absolute atomic E-state index is 14.2. The number of nitrogen functional groups attached to an aromatic ring is 1. The number of hydrogen-bond donors (Lipinski definition) is 2. The number of benzene rings is 2. The topological polar surface area (TPSA) is 76.2 Å². The summed E-state index contributed by atoms with van der Waals surface area (Å²) in [5.41, 5.74) is 7.28. The molecule has 27 heavy (non-hydrogen) atoms. The highest BCUT2D eigenvalue weighted by molar-refractivity contribution is 5.97. The van der Waals surface area contributed by atoms with Crippen molar-refractivity contribution in [2.75, 3.05) is 24.6 Å². The van der Waals surface area contributed by atoms with E-state index >= 15 is 0 Å². The molecule has 1 heterocycles. The first-order valence-electron chi connectivity index (χ1n) is 8.33. The fourth-order valence-corrected chi connectivity index (χ4v) is 2.53. The van der Waals surface area contributed by atoms with E-state index in [0.29, 0.717) is 17.8 Å². The maximum atomic E-state index is 14.2. The third-order valence-corrected chi connectivity index (χ3v) is 4.16. The number of hydrogen-bond acceptors (Lipinski definition) is 3. The number of aromatic nitrogens is 2. The molecule has 0 bridgehead atoms. The van der Waals surface area contributed by atoms with Crippen LogP contribution in [0, 0.1) is 11.6 Å². The van der Waals surface area contributed by atoms with Crippen molar-refractivity contribution >= 4 is 17.5 Å². The number of nitrogens with one attached hydrogen (secondary N) is 1. The van der Waals surface area contributed by atoms with Crippen LogP contribution in [-0.4, -0.2) is 34.3 Å². The van der Waals surface area contributed by atoms with E-state index in [0.717, 1.165) is 22.9 Å². The van der Waals surface area contributed by atoms with Crippen LogP contribution in [0.4, 0.5) is 25.1 Å². The van der Waals surface area contributed by atoms with Gasteiger partial charge >= 0.3 is 6.03 Å². The van der Waals surface area contributed by atoms with Gasteiger partial charge in [0.15, 0.2) is 5.82 Å². The zero-order valence-corrected chi connectivity index (χ0v) is 14.9. The summed E-state index contributed by atoms with van der Waals surface area (Å²) in [5.74, 6) is -1.32. The first-order valence-corrected chi connectivity index (χ1v) is 8.33. The molecule has 0 aliphatic rings. The Bertz CT molecular complexity index is 972. The third kappa shape index (κ3) is 3.59. The standard InChI is InChI=1S/C19H19F2N5O/c1-3-25(2)19(27)23-17-16(12-7-5-4-6-8-12)24-26(18(17)22)15-11-13(20)9-10-14(15)21/h4-11H,3,22H2,1-2H3,(H,23,27). The van der Waals surface area contributed by atoms with Gasteiger partial charge in [-0.1, -0.05) is 30.3 Å². The molecule has 3 rings (SSSR count). The molecule has 0 spiro atoms. The van der Waals surface area contributed by atoms with Gasteiger partial charge in [-0.05, 0) is 19.1 Å². The van der Waals surface area contributed by atoms with Crippen molar-refractivity contribution in [1.82, 2.24) is 14.7 Å². The minimum Gasteiger partial charge on any atom is -0.382 e. The highest BCUT2D eigenvalue weighted by atomic mass is 19.1. The zero-order chi connectivity index (χ0) is 19.6. The van der Waals surface area contributed by atoms with Gasteiger partial charge in [0.1, 0.15) is 28.7 Å². The lowest BCUT2D eigenvalue weighted by Crippen LogP contribution is -2.31. The fourth-order valence-electron chi connectivity index (χ4n) is 2.53. The van der Waals surface area contributed by atoms with E-state index in [2.05, 4.69) is 10.4 Å². The third-order valence-electron chi connectivity index (χ3n) is 4.16. The summed E-state index contributed by atoms with van der Waals surface area (Å²) in [5, 5.41) is 7.06. The zero-order valence-electron chi connectivity index (χ0n) is 14.9. The molecule has 3 aromatic rings. The smallest absolute Gasteiger partial charge is 0.321 e. The van der Waals surface area contributed by atoms with Gasteiger partial charge in [0, 0.05) is 25.2 Å². The highest BCUT2D eigenvalue weighted by Gasteiger charge is 2.22. The van der Waals surface area contributed by atoms with E-state index in [-0.39, 0.29) is 23.2 Å². The van der Waals surface area contributed by atoms with Crippen LogP contribution >= 0.6 is 0 Å². The number of carbonyl (C=O) groups is 1. The minimum absolute atomic E-state index is 0.00351. The lowest BCUT2D eigenvalue weighted by molar-refractivity contribution is 0.224.